The van der Waals surface area contributed by atoms with Gasteiger partial charge in [-0.15, -0.1) is 0 Å². The fourth-order valence-electron chi connectivity index (χ4n) is 9.03. The van der Waals surface area contributed by atoms with Crippen LogP contribution in [0.2, 0.25) is 0 Å². The van der Waals surface area contributed by atoms with Crippen molar-refractivity contribution in [2.24, 2.45) is 0 Å². The van der Waals surface area contributed by atoms with Crippen LogP contribution in [0.5, 0.6) is 11.5 Å². The quantitative estimate of drug-likeness (QED) is 0.177. The van der Waals surface area contributed by atoms with Gasteiger partial charge in [0.15, 0.2) is 11.5 Å². The van der Waals surface area contributed by atoms with Gasteiger partial charge < -0.3 is 9.64 Å². The van der Waals surface area contributed by atoms with E-state index in [4.69, 9.17) is 4.74 Å². The topological polar surface area (TPSA) is 12.5 Å². The fourth-order valence-corrected chi connectivity index (χ4v) is 14.0. The number of hydrogen-bond acceptors (Lipinski definition) is 2. The van der Waals surface area contributed by atoms with Crippen molar-refractivity contribution in [2.75, 3.05) is 29.9 Å². The summed E-state index contributed by atoms with van der Waals surface area (Å²) in [6.07, 6.45) is 9.83. The summed E-state index contributed by atoms with van der Waals surface area (Å²) in [6, 6.07) is 56.3. The third-order valence-electron chi connectivity index (χ3n) is 11.6. The number of para-hydroxylation sites is 1. The molecule has 2 nitrogen and oxygen atoms in total. The minimum atomic E-state index is -1.30. The molecule has 0 saturated carbocycles. The molecule has 0 saturated heterocycles. The molecule has 0 spiro atoms. The molecule has 11 rings (SSSR count). The van der Waals surface area contributed by atoms with Gasteiger partial charge in [-0.1, -0.05) is 109 Å². The van der Waals surface area contributed by atoms with Gasteiger partial charge >= 0.3 is 0 Å². The van der Waals surface area contributed by atoms with E-state index in [0.29, 0.717) is 0 Å². The smallest absolute Gasteiger partial charge is 0.152 e. The number of nitrogens with zero attached hydrogens (tertiary/aromatic N) is 1. The van der Waals surface area contributed by atoms with Crippen molar-refractivity contribution in [2.45, 2.75) is 19.6 Å². The van der Waals surface area contributed by atoms with Crippen LogP contribution in [-0.4, -0.2) is 25.0 Å². The van der Waals surface area contributed by atoms with Crippen LogP contribution >= 0.6 is 20.1 Å². The zero-order valence-corrected chi connectivity index (χ0v) is 31.2. The molecule has 0 atom stereocenters. The van der Waals surface area contributed by atoms with Gasteiger partial charge in [0.1, 0.15) is 0 Å². The van der Waals surface area contributed by atoms with Crippen molar-refractivity contribution in [3.8, 4) is 44.9 Å². The van der Waals surface area contributed by atoms with E-state index in [1.807, 2.05) is 0 Å². The van der Waals surface area contributed by atoms with Gasteiger partial charge in [-0.3, -0.25) is 0 Å². The minimum Gasteiger partial charge on any atom is -0.453 e. The summed E-state index contributed by atoms with van der Waals surface area (Å²) >= 11 is 0. The van der Waals surface area contributed by atoms with E-state index in [9.17, 15) is 0 Å². The van der Waals surface area contributed by atoms with Gasteiger partial charge in [0.05, 0.1) is 17.1 Å². The Bertz CT molecular complexity index is 2680. The Morgan fingerprint density at radius 2 is 0.885 bits per heavy atom. The maximum absolute atomic E-state index is 7.19. The van der Waals surface area contributed by atoms with Crippen molar-refractivity contribution in [1.29, 1.82) is 0 Å². The molecule has 8 aromatic rings. The summed E-state index contributed by atoms with van der Waals surface area (Å²) in [4.78, 5) is 8.23. The van der Waals surface area contributed by atoms with Gasteiger partial charge in [0, 0.05) is 36.3 Å². The second-order valence-corrected chi connectivity index (χ2v) is 22.0. The van der Waals surface area contributed by atoms with Gasteiger partial charge in [-0.25, -0.2) is 0 Å². The molecule has 0 bridgehead atoms. The molecule has 0 aromatic heterocycles. The molecule has 8 aromatic carbocycles. The highest BCUT2D eigenvalue weighted by atomic mass is 32.3. The van der Waals surface area contributed by atoms with Crippen LogP contribution < -0.4 is 9.64 Å². The highest BCUT2D eigenvalue weighted by molar-refractivity contribution is 8.33. The predicted molar refractivity (Wildman–Crippen MR) is 224 cm³/mol. The Kier molecular flexibility index (Phi) is 6.14. The fraction of sp³-hybridized carbons (Fsp3) is 0.0833. The van der Waals surface area contributed by atoms with Crippen LogP contribution in [0.3, 0.4) is 0 Å². The Hall–Kier alpha value is -5.42. The zero-order valence-electron chi connectivity index (χ0n) is 29.6. The molecule has 0 amide bonds. The van der Waals surface area contributed by atoms with E-state index in [0.717, 1.165) is 28.6 Å². The summed E-state index contributed by atoms with van der Waals surface area (Å²) in [7, 11) is -2.60. The molecule has 3 heterocycles. The standard InChI is InChI=1S/C48H37NOS2/c1-51(2)43-24-22-31-16-8-10-19-34(31)47(43)36-26-41-39(28-45(36)51)49(38-21-13-12-18-33(38)30-14-6-5-7-15-30)40-29-46-37(27-42(40)50-41)48-35-20-11-9-17-32(35)23-25-44(48)52(46,3)4/h5-29H,1-4H3. The van der Waals surface area contributed by atoms with Gasteiger partial charge in [0.2, 0.25) is 0 Å². The molecule has 0 unspecified atom stereocenters. The summed E-state index contributed by atoms with van der Waals surface area (Å²) < 4.78 is 7.19. The van der Waals surface area contributed by atoms with Gasteiger partial charge in [0.25, 0.3) is 0 Å². The maximum Gasteiger partial charge on any atom is 0.152 e. The normalized spacial score (nSPS) is 16.6. The highest BCUT2D eigenvalue weighted by Crippen LogP contribution is 2.73. The van der Waals surface area contributed by atoms with Crippen LogP contribution in [0.4, 0.5) is 17.1 Å². The molecular weight excluding hydrogens is 671 g/mol. The number of hydrogen-bond donors (Lipinski definition) is 0. The van der Waals surface area contributed by atoms with E-state index in [1.165, 1.54) is 74.5 Å². The van der Waals surface area contributed by atoms with Crippen LogP contribution in [0.15, 0.2) is 171 Å². The van der Waals surface area contributed by atoms with Crippen molar-refractivity contribution in [1.82, 2.24) is 0 Å². The summed E-state index contributed by atoms with van der Waals surface area (Å²) in [5.41, 5.74) is 11.1. The first-order valence-electron chi connectivity index (χ1n) is 17.8. The largest absolute Gasteiger partial charge is 0.453 e. The Labute approximate surface area is 308 Å². The first-order valence-corrected chi connectivity index (χ1v) is 22.7. The molecule has 0 aliphatic carbocycles. The molecular formula is C48H37NOS2. The molecule has 0 radical (unpaired) electrons. The first kappa shape index (κ1) is 30.2. The number of fused-ring (bicyclic) bond motifs is 12. The third kappa shape index (κ3) is 3.99. The average Bonchev–Trinajstić information content (AvgIpc) is 3.54. The van der Waals surface area contributed by atoms with Crippen molar-refractivity contribution in [3.63, 3.8) is 0 Å². The van der Waals surface area contributed by atoms with E-state index in [1.54, 1.807) is 0 Å². The number of ether oxygens (including phenoxy) is 1. The number of anilines is 3. The Morgan fingerprint density at radius 1 is 0.404 bits per heavy atom. The lowest BCUT2D eigenvalue weighted by atomic mass is 9.95. The molecule has 4 heteroatoms. The van der Waals surface area contributed by atoms with Crippen molar-refractivity contribution < 1.29 is 4.74 Å². The lowest BCUT2D eigenvalue weighted by Gasteiger charge is -2.37. The summed E-state index contributed by atoms with van der Waals surface area (Å²) in [5.74, 6) is 1.79. The van der Waals surface area contributed by atoms with Crippen LogP contribution in [0.25, 0.3) is 54.9 Å². The lowest BCUT2D eigenvalue weighted by molar-refractivity contribution is 0.476. The molecule has 3 aliphatic rings. The van der Waals surface area contributed by atoms with Crippen LogP contribution in [-0.2, 0) is 0 Å². The Morgan fingerprint density at radius 3 is 1.44 bits per heavy atom. The number of rotatable bonds is 2. The monoisotopic (exact) mass is 707 g/mol. The summed E-state index contributed by atoms with van der Waals surface area (Å²) in [5, 5.41) is 5.18. The van der Waals surface area contributed by atoms with E-state index in [-0.39, 0.29) is 0 Å². The van der Waals surface area contributed by atoms with Crippen molar-refractivity contribution in [3.05, 3.63) is 152 Å². The lowest BCUT2D eigenvalue weighted by Crippen LogP contribution is -2.17. The second kappa shape index (κ2) is 10.6. The Balaban J connectivity index is 1.21. The third-order valence-corrected chi connectivity index (χ3v) is 17.3. The number of benzene rings is 8. The highest BCUT2D eigenvalue weighted by Gasteiger charge is 2.40. The molecule has 0 N–H and O–H groups in total. The minimum absolute atomic E-state index is 0.896. The van der Waals surface area contributed by atoms with Crippen LogP contribution in [0, 0.1) is 0 Å². The van der Waals surface area contributed by atoms with E-state index < -0.39 is 20.1 Å². The van der Waals surface area contributed by atoms with Gasteiger partial charge in [-0.05, 0) is 106 Å². The van der Waals surface area contributed by atoms with Crippen molar-refractivity contribution >= 4 is 58.7 Å². The van der Waals surface area contributed by atoms with E-state index >= 15 is 0 Å². The molecule has 52 heavy (non-hydrogen) atoms. The first-order chi connectivity index (χ1) is 25.3. The molecule has 3 aliphatic heterocycles. The van der Waals surface area contributed by atoms with Crippen LogP contribution in [0.1, 0.15) is 0 Å². The maximum atomic E-state index is 7.19. The summed E-state index contributed by atoms with van der Waals surface area (Å²) in [6.45, 7) is 0. The zero-order chi connectivity index (χ0) is 34.9. The average molecular weight is 708 g/mol. The molecule has 252 valence electrons. The second-order valence-electron chi connectivity index (χ2n) is 14.9. The SMILES string of the molecule is CS1(C)c2cc3c(cc2-c2c1ccc1ccccc21)Oc1cc2c(cc1N3c1ccccc1-c1ccccc1)S(C)(C)c1ccc3ccccc3c1-2. The predicted octanol–water partition coefficient (Wildman–Crippen LogP) is 14.2. The van der Waals surface area contributed by atoms with E-state index in [2.05, 4.69) is 182 Å². The van der Waals surface area contributed by atoms with Gasteiger partial charge in [-0.2, -0.15) is 20.1 Å². The molecule has 0 fully saturated rings.